The average Bonchev–Trinajstić information content (AvgIpc) is 3.45. The van der Waals surface area contributed by atoms with Crippen molar-refractivity contribution in [2.75, 3.05) is 9.80 Å². The van der Waals surface area contributed by atoms with E-state index in [1.807, 2.05) is 18.2 Å². The van der Waals surface area contributed by atoms with Gasteiger partial charge in [-0.3, -0.25) is 0 Å². The number of hydrogen-bond acceptors (Lipinski definition) is 3. The van der Waals surface area contributed by atoms with E-state index in [4.69, 9.17) is 0 Å². The van der Waals surface area contributed by atoms with Crippen molar-refractivity contribution in [1.29, 1.82) is 0 Å². The molecule has 0 atom stereocenters. The summed E-state index contributed by atoms with van der Waals surface area (Å²) < 4.78 is 0. The quantitative estimate of drug-likeness (QED) is 0.140. The predicted octanol–water partition coefficient (Wildman–Crippen LogP) is 19.0. The van der Waals surface area contributed by atoms with Crippen molar-refractivity contribution in [3.05, 3.63) is 285 Å². The van der Waals surface area contributed by atoms with Gasteiger partial charge in [-0.15, -0.1) is 0 Å². The number of fused-ring (bicyclic) bond motifs is 2. The van der Waals surface area contributed by atoms with Crippen molar-refractivity contribution in [2.24, 2.45) is 0 Å². The Morgan fingerprint density at radius 1 is 0.225 bits per heavy atom. The number of phenols is 1. The fourth-order valence-electron chi connectivity index (χ4n) is 10.1. The number of anilines is 6. The van der Waals surface area contributed by atoms with Crippen LogP contribution in [0.25, 0.3) is 77.2 Å². The maximum Gasteiger partial charge on any atom is 0.124 e. The second-order valence-electron chi connectivity index (χ2n) is 17.9. The number of aromatic hydroxyl groups is 1. The molecule has 0 spiro atoms. The zero-order valence-corrected chi connectivity index (χ0v) is 39.0. The number of benzene rings is 12. The van der Waals surface area contributed by atoms with E-state index in [-0.39, 0.29) is 5.75 Å². The van der Waals surface area contributed by atoms with E-state index in [9.17, 15) is 5.11 Å². The van der Waals surface area contributed by atoms with Gasteiger partial charge >= 0.3 is 0 Å². The Labute approximate surface area is 415 Å². The lowest BCUT2D eigenvalue weighted by atomic mass is 9.89. The first-order valence-electron chi connectivity index (χ1n) is 24.1. The molecule has 0 heterocycles. The molecule has 0 bridgehead atoms. The summed E-state index contributed by atoms with van der Waals surface area (Å²) in [5.74, 6) is 0.245. The van der Waals surface area contributed by atoms with E-state index in [2.05, 4.69) is 277 Å². The number of phenolic OH excluding ortho intramolecular Hbond substituents is 1. The van der Waals surface area contributed by atoms with Crippen molar-refractivity contribution in [3.8, 4) is 61.4 Å². The molecule has 0 amide bonds. The Kier molecular flexibility index (Phi) is 11.4. The zero-order chi connectivity index (χ0) is 47.5. The molecule has 12 rings (SSSR count). The van der Waals surface area contributed by atoms with Crippen molar-refractivity contribution >= 4 is 55.7 Å². The maximum atomic E-state index is 11.9. The third-order valence-corrected chi connectivity index (χ3v) is 13.5. The first kappa shape index (κ1) is 42.9. The predicted molar refractivity (Wildman–Crippen MR) is 300 cm³/mol. The Bertz CT molecular complexity index is 3660. The Morgan fingerprint density at radius 2 is 0.634 bits per heavy atom. The first-order chi connectivity index (χ1) is 35.1. The summed E-state index contributed by atoms with van der Waals surface area (Å²) in [5.41, 5.74) is 17.4. The molecule has 71 heavy (non-hydrogen) atoms. The van der Waals surface area contributed by atoms with Crippen LogP contribution in [-0.4, -0.2) is 5.11 Å². The van der Waals surface area contributed by atoms with Gasteiger partial charge in [-0.25, -0.2) is 0 Å². The molecule has 1 N–H and O–H groups in total. The number of para-hydroxylation sites is 2. The third-order valence-electron chi connectivity index (χ3n) is 13.5. The minimum atomic E-state index is 0.245. The van der Waals surface area contributed by atoms with Gasteiger partial charge in [0.05, 0.1) is 0 Å². The summed E-state index contributed by atoms with van der Waals surface area (Å²) in [5, 5.41) is 15.9. The lowest BCUT2D eigenvalue weighted by molar-refractivity contribution is 0.482. The Hall–Kier alpha value is -9.44. The highest BCUT2D eigenvalue weighted by molar-refractivity contribution is 6.12. The van der Waals surface area contributed by atoms with Crippen LogP contribution < -0.4 is 9.80 Å². The summed E-state index contributed by atoms with van der Waals surface area (Å²) in [6.07, 6.45) is 0. The summed E-state index contributed by atoms with van der Waals surface area (Å²) >= 11 is 0. The molecule has 336 valence electrons. The highest BCUT2D eigenvalue weighted by atomic mass is 16.3. The molecule has 12 aromatic rings. The van der Waals surface area contributed by atoms with Crippen LogP contribution in [0.3, 0.4) is 0 Å². The highest BCUT2D eigenvalue weighted by Crippen LogP contribution is 2.46. The lowest BCUT2D eigenvalue weighted by Crippen LogP contribution is -2.10. The molecule has 0 aliphatic carbocycles. The van der Waals surface area contributed by atoms with Gasteiger partial charge in [0.15, 0.2) is 0 Å². The van der Waals surface area contributed by atoms with Crippen molar-refractivity contribution in [2.45, 2.75) is 0 Å². The maximum absolute atomic E-state index is 11.9. The number of nitrogens with zero attached hydrogens (tertiary/aromatic N) is 2. The molecule has 0 fully saturated rings. The number of hydrogen-bond donors (Lipinski definition) is 1. The molecular formula is C68H48N2O. The van der Waals surface area contributed by atoms with E-state index < -0.39 is 0 Å². The van der Waals surface area contributed by atoms with Gasteiger partial charge in [-0.05, 0) is 157 Å². The van der Waals surface area contributed by atoms with Crippen LogP contribution >= 0.6 is 0 Å². The molecule has 3 nitrogen and oxygen atoms in total. The molecule has 0 aromatic heterocycles. The Morgan fingerprint density at radius 3 is 1.20 bits per heavy atom. The molecule has 0 aliphatic rings. The van der Waals surface area contributed by atoms with Gasteiger partial charge in [0.25, 0.3) is 0 Å². The summed E-state index contributed by atoms with van der Waals surface area (Å²) in [7, 11) is 0. The largest absolute Gasteiger partial charge is 0.507 e. The topological polar surface area (TPSA) is 26.7 Å². The zero-order valence-electron chi connectivity index (χ0n) is 39.0. The molecule has 12 aromatic carbocycles. The third kappa shape index (κ3) is 8.47. The summed E-state index contributed by atoms with van der Waals surface area (Å²) in [4.78, 5) is 4.63. The van der Waals surface area contributed by atoms with Crippen LogP contribution in [0.15, 0.2) is 285 Å². The van der Waals surface area contributed by atoms with E-state index in [0.29, 0.717) is 0 Å². The normalized spacial score (nSPS) is 11.2. The van der Waals surface area contributed by atoms with Gasteiger partial charge in [0, 0.05) is 39.5 Å². The second kappa shape index (κ2) is 18.9. The summed E-state index contributed by atoms with van der Waals surface area (Å²) in [6.45, 7) is 0. The fourth-order valence-corrected chi connectivity index (χ4v) is 10.1. The molecular weight excluding hydrogens is 861 g/mol. The monoisotopic (exact) mass is 908 g/mol. The van der Waals surface area contributed by atoms with E-state index in [1.165, 1.54) is 11.1 Å². The molecule has 3 heteroatoms. The van der Waals surface area contributed by atoms with Crippen LogP contribution in [0.1, 0.15) is 0 Å². The highest BCUT2D eigenvalue weighted by Gasteiger charge is 2.20. The van der Waals surface area contributed by atoms with Crippen molar-refractivity contribution < 1.29 is 5.11 Å². The van der Waals surface area contributed by atoms with Crippen LogP contribution in [-0.2, 0) is 0 Å². The van der Waals surface area contributed by atoms with E-state index >= 15 is 0 Å². The van der Waals surface area contributed by atoms with Crippen LogP contribution in [0, 0.1) is 0 Å². The van der Waals surface area contributed by atoms with Gasteiger partial charge < -0.3 is 14.9 Å². The first-order valence-corrected chi connectivity index (χ1v) is 24.1. The molecule has 0 radical (unpaired) electrons. The Balaban J connectivity index is 0.952. The van der Waals surface area contributed by atoms with Gasteiger partial charge in [-0.1, -0.05) is 200 Å². The van der Waals surface area contributed by atoms with Crippen LogP contribution in [0.4, 0.5) is 34.1 Å². The van der Waals surface area contributed by atoms with Crippen molar-refractivity contribution in [1.82, 2.24) is 0 Å². The molecule has 0 saturated heterocycles. The van der Waals surface area contributed by atoms with Gasteiger partial charge in [0.1, 0.15) is 5.75 Å². The van der Waals surface area contributed by atoms with Gasteiger partial charge in [0.2, 0.25) is 0 Å². The van der Waals surface area contributed by atoms with Crippen molar-refractivity contribution in [3.63, 3.8) is 0 Å². The van der Waals surface area contributed by atoms with Gasteiger partial charge in [-0.2, -0.15) is 0 Å². The fraction of sp³-hybridized carbons (Fsp3) is 0. The van der Waals surface area contributed by atoms with E-state index in [1.54, 1.807) is 0 Å². The van der Waals surface area contributed by atoms with Crippen LogP contribution in [0.5, 0.6) is 5.75 Å². The van der Waals surface area contributed by atoms with E-state index in [0.717, 1.165) is 100 Å². The average molecular weight is 909 g/mol. The molecule has 0 unspecified atom stereocenters. The second-order valence-corrected chi connectivity index (χ2v) is 17.9. The SMILES string of the molecule is Oc1ccc(-c2cc(N(c3ccc(-c4ccccc4)cc3)c3ccc(-c4ccccc4)cc3)cc3ccccc23)c2cccc(-c3cccc(-c4ccc(N(c5ccccc5)c5ccccc5)cc4)c3)c12. The van der Waals surface area contributed by atoms with Crippen LogP contribution in [0.2, 0.25) is 0 Å². The molecule has 0 aliphatic heterocycles. The molecule has 0 saturated carbocycles. The standard InChI is InChI=1S/C68H48N2O/c71-67-44-43-64(65-30-16-29-63(68(65)67)54-23-15-22-53(45-54)52-35-41-58(42-36-52)69(56-24-9-3-10-25-56)57-26-11-4-12-27-57)66-47-61(46-55-21-13-14-28-62(55)66)70(59-37-31-50(32-38-59)48-17-5-1-6-18-48)60-39-33-51(34-40-60)49-19-7-2-8-20-49/h1-47,71H. The number of rotatable bonds is 11. The summed E-state index contributed by atoms with van der Waals surface area (Å²) in [6, 6.07) is 101. The minimum Gasteiger partial charge on any atom is -0.507 e. The smallest absolute Gasteiger partial charge is 0.124 e. The lowest BCUT2D eigenvalue weighted by Gasteiger charge is -2.27. The minimum absolute atomic E-state index is 0.245.